The lowest BCUT2D eigenvalue weighted by Gasteiger charge is -2.18. The number of ether oxygens (including phenoxy) is 1. The van der Waals surface area contributed by atoms with Crippen molar-refractivity contribution in [2.24, 2.45) is 0 Å². The predicted octanol–water partition coefficient (Wildman–Crippen LogP) is 0.831. The van der Waals surface area contributed by atoms with E-state index in [0.29, 0.717) is 18.8 Å². The summed E-state index contributed by atoms with van der Waals surface area (Å²) in [5.41, 5.74) is 4.42. The number of carboxylic acid groups (broad SMARTS) is 2. The van der Waals surface area contributed by atoms with Crippen LogP contribution in [0.15, 0.2) is 30.3 Å². The molecule has 0 radical (unpaired) electrons. The van der Waals surface area contributed by atoms with Gasteiger partial charge in [0.15, 0.2) is 5.69 Å². The Morgan fingerprint density at radius 2 is 1.92 bits per heavy atom. The van der Waals surface area contributed by atoms with Crippen molar-refractivity contribution in [1.29, 1.82) is 0 Å². The number of aryl methyl sites for hydroxylation is 1. The standard InChI is InChI=1S/C23H27N3O4S.C2HF3O2/c27-21(8-11-31-14-18-6-5-16-2-1-9-24-23(16)25-18)26-19(13-22(28)29)17-4-3-15-7-10-30-20(15)12-17;3-2(4,5)1(6)7/h3-6,12,19H,1-2,7-11,13-14H2,(H,24,25)(H,26,27)(H,28,29);(H,6,7)/p+1/t19-;/m0./s1. The lowest BCUT2D eigenvalue weighted by atomic mass is 10.0. The average Bonchev–Trinajstić information content (AvgIpc) is 3.34. The first-order valence-electron chi connectivity index (χ1n) is 12.0. The van der Waals surface area contributed by atoms with Gasteiger partial charge in [0.05, 0.1) is 36.9 Å². The van der Waals surface area contributed by atoms with E-state index in [1.807, 2.05) is 18.2 Å². The molecule has 1 aromatic carbocycles. The Balaban J connectivity index is 0.000000505. The number of aliphatic carboxylic acids is 2. The zero-order valence-corrected chi connectivity index (χ0v) is 21.3. The summed E-state index contributed by atoms with van der Waals surface area (Å²) in [4.78, 5) is 36.1. The third-order valence-corrected chi connectivity index (χ3v) is 6.93. The molecule has 1 amide bonds. The second-order valence-electron chi connectivity index (χ2n) is 8.79. The molecule has 0 spiro atoms. The minimum Gasteiger partial charge on any atom is -0.542 e. The van der Waals surface area contributed by atoms with E-state index in [1.54, 1.807) is 11.8 Å². The number of aromatic amines is 1. The molecule has 4 rings (SSSR count). The number of nitrogens with one attached hydrogen (secondary N) is 2. The van der Waals surface area contributed by atoms with Crippen molar-refractivity contribution in [3.8, 4) is 5.75 Å². The molecule has 0 bridgehead atoms. The van der Waals surface area contributed by atoms with E-state index in [0.717, 1.165) is 47.7 Å². The number of aromatic nitrogens is 1. The van der Waals surface area contributed by atoms with Crippen LogP contribution in [0.5, 0.6) is 5.75 Å². The number of carbonyl (C=O) groups is 3. The molecule has 5 N–H and O–H groups in total. The number of H-pyrrole nitrogens is 1. The monoisotopic (exact) mass is 556 g/mol. The molecule has 2 aliphatic heterocycles. The molecule has 0 aliphatic carbocycles. The molecule has 0 fully saturated rings. The number of pyridine rings is 1. The number of hydrogen-bond donors (Lipinski definition) is 3. The van der Waals surface area contributed by atoms with E-state index in [4.69, 9.17) is 14.6 Å². The van der Waals surface area contributed by atoms with Crippen LogP contribution >= 0.6 is 11.8 Å². The molecule has 38 heavy (non-hydrogen) atoms. The van der Waals surface area contributed by atoms with Crippen LogP contribution in [0.4, 0.5) is 19.0 Å². The highest BCUT2D eigenvalue weighted by Crippen LogP contribution is 2.30. The average molecular weight is 557 g/mol. The van der Waals surface area contributed by atoms with Crippen LogP contribution in [0.25, 0.3) is 0 Å². The summed E-state index contributed by atoms with van der Waals surface area (Å²) in [5, 5.41) is 23.2. The topological polar surface area (TPSA) is 147 Å². The SMILES string of the molecule is O=C(O)C[C@H](NC(=O)CCSCc1ccc2c([nH+]1)[NH2+]CCC2)c1ccc2c(c1)OCC2.O=C([O-])C(F)(F)F. The van der Waals surface area contributed by atoms with Crippen LogP contribution in [0, 0.1) is 0 Å². The number of carbonyl (C=O) groups excluding carboxylic acids is 2. The van der Waals surface area contributed by atoms with Gasteiger partial charge in [-0.05, 0) is 29.7 Å². The molecule has 2 aromatic rings. The van der Waals surface area contributed by atoms with E-state index in [-0.39, 0.29) is 12.3 Å². The largest absolute Gasteiger partial charge is 0.542 e. The van der Waals surface area contributed by atoms with Crippen molar-refractivity contribution in [3.05, 3.63) is 52.7 Å². The number of fused-ring (bicyclic) bond motifs is 2. The van der Waals surface area contributed by atoms with Crippen LogP contribution in [-0.4, -0.2) is 48.0 Å². The van der Waals surface area contributed by atoms with Crippen molar-refractivity contribution in [1.82, 2.24) is 5.32 Å². The second kappa shape index (κ2) is 13.5. The van der Waals surface area contributed by atoms with E-state index >= 15 is 0 Å². The highest BCUT2D eigenvalue weighted by molar-refractivity contribution is 7.98. The lowest BCUT2D eigenvalue weighted by molar-refractivity contribution is -0.653. The zero-order valence-electron chi connectivity index (χ0n) is 20.4. The fourth-order valence-electron chi connectivity index (χ4n) is 4.05. The first-order chi connectivity index (χ1) is 18.0. The van der Waals surface area contributed by atoms with Crippen molar-refractivity contribution in [3.63, 3.8) is 0 Å². The summed E-state index contributed by atoms with van der Waals surface area (Å²) in [7, 11) is 0. The fourth-order valence-corrected chi connectivity index (χ4v) is 4.91. The summed E-state index contributed by atoms with van der Waals surface area (Å²) < 4.78 is 37.1. The van der Waals surface area contributed by atoms with Gasteiger partial charge in [0.1, 0.15) is 11.7 Å². The van der Waals surface area contributed by atoms with Gasteiger partial charge in [-0.3, -0.25) is 14.9 Å². The summed E-state index contributed by atoms with van der Waals surface area (Å²) in [5.74, 6) is -0.577. The minimum absolute atomic E-state index is 0.136. The molecule has 1 atom stereocenters. The van der Waals surface area contributed by atoms with Gasteiger partial charge in [-0.1, -0.05) is 12.1 Å². The summed E-state index contributed by atoms with van der Waals surface area (Å²) in [6.45, 7) is 1.76. The summed E-state index contributed by atoms with van der Waals surface area (Å²) in [6, 6.07) is 9.47. The van der Waals surface area contributed by atoms with Gasteiger partial charge in [0, 0.05) is 31.1 Å². The Kier molecular flexibility index (Phi) is 10.4. The number of rotatable bonds is 9. The third-order valence-electron chi connectivity index (χ3n) is 5.92. The fraction of sp³-hybridized carbons (Fsp3) is 0.440. The van der Waals surface area contributed by atoms with Gasteiger partial charge >= 0.3 is 18.0 Å². The number of carboxylic acids is 2. The Labute approximate surface area is 221 Å². The number of halogens is 3. The quantitative estimate of drug-likeness (QED) is 0.388. The Bertz CT molecular complexity index is 1160. The second-order valence-corrected chi connectivity index (χ2v) is 9.90. The molecule has 206 valence electrons. The highest BCUT2D eigenvalue weighted by Gasteiger charge is 2.29. The van der Waals surface area contributed by atoms with Crippen LogP contribution in [0.1, 0.15) is 47.7 Å². The number of alkyl halides is 3. The smallest absolute Gasteiger partial charge is 0.430 e. The highest BCUT2D eigenvalue weighted by atomic mass is 32.2. The molecule has 13 heteroatoms. The lowest BCUT2D eigenvalue weighted by Crippen LogP contribution is -2.82. The van der Waals surface area contributed by atoms with Crippen LogP contribution < -0.4 is 25.5 Å². The normalized spacial score (nSPS) is 14.7. The number of thioether (sulfide) groups is 1. The molecule has 9 nitrogen and oxygen atoms in total. The number of quaternary nitrogens is 1. The van der Waals surface area contributed by atoms with Gasteiger partial charge in [0.2, 0.25) is 5.91 Å². The molecular weight excluding hydrogens is 527 g/mol. The molecule has 0 unspecified atom stereocenters. The van der Waals surface area contributed by atoms with Gasteiger partial charge in [-0.15, -0.1) is 0 Å². The molecule has 2 aliphatic rings. The van der Waals surface area contributed by atoms with Crippen LogP contribution in [0.3, 0.4) is 0 Å². The number of amides is 1. The van der Waals surface area contributed by atoms with Gasteiger partial charge in [-0.25, -0.2) is 0 Å². The van der Waals surface area contributed by atoms with Gasteiger partial charge in [0.25, 0.3) is 0 Å². The first-order valence-corrected chi connectivity index (χ1v) is 13.2. The van der Waals surface area contributed by atoms with Gasteiger partial charge < -0.3 is 25.1 Å². The van der Waals surface area contributed by atoms with E-state index in [1.165, 1.54) is 17.8 Å². The minimum atomic E-state index is -5.19. The molecule has 0 saturated heterocycles. The Morgan fingerprint density at radius 3 is 2.63 bits per heavy atom. The molecule has 0 saturated carbocycles. The summed E-state index contributed by atoms with van der Waals surface area (Å²) >= 11 is 1.70. The maximum absolute atomic E-state index is 12.5. The third kappa shape index (κ3) is 8.91. The van der Waals surface area contributed by atoms with E-state index in [2.05, 4.69) is 27.8 Å². The Morgan fingerprint density at radius 1 is 1.18 bits per heavy atom. The first kappa shape index (κ1) is 29.2. The predicted molar refractivity (Wildman–Crippen MR) is 128 cm³/mol. The van der Waals surface area contributed by atoms with Crippen molar-refractivity contribution in [2.45, 2.75) is 50.1 Å². The molecule has 1 aromatic heterocycles. The van der Waals surface area contributed by atoms with Crippen LogP contribution in [0.2, 0.25) is 0 Å². The summed E-state index contributed by atoms with van der Waals surface area (Å²) in [6.07, 6.45) is -1.80. The molecular formula is C25H29F3N3O6S+. The van der Waals surface area contributed by atoms with Gasteiger partial charge in [-0.2, -0.15) is 29.9 Å². The van der Waals surface area contributed by atoms with Crippen LogP contribution in [-0.2, 0) is 33.0 Å². The number of nitrogens with two attached hydrogens (primary N) is 1. The van der Waals surface area contributed by atoms with E-state index in [9.17, 15) is 27.9 Å². The number of benzene rings is 1. The zero-order chi connectivity index (χ0) is 27.7. The number of hydrogen-bond acceptors (Lipinski definition) is 6. The van der Waals surface area contributed by atoms with Crippen molar-refractivity contribution in [2.75, 3.05) is 18.9 Å². The molecule has 3 heterocycles. The van der Waals surface area contributed by atoms with Crippen molar-refractivity contribution >= 4 is 35.4 Å². The van der Waals surface area contributed by atoms with E-state index < -0.39 is 24.2 Å². The maximum Gasteiger partial charge on any atom is 0.430 e. The maximum atomic E-state index is 12.5. The Hall–Kier alpha value is -3.32. The van der Waals surface area contributed by atoms with Crippen molar-refractivity contribution < 1.29 is 52.8 Å².